The number of carbonyl (C=O) groups excluding carboxylic acids is 1. The molecule has 3 heterocycles. The summed E-state index contributed by atoms with van der Waals surface area (Å²) in [6.07, 6.45) is 4.64. The van der Waals surface area contributed by atoms with E-state index >= 15 is 0 Å². The Morgan fingerprint density at radius 2 is 2.20 bits per heavy atom. The molecule has 1 amide bonds. The lowest BCUT2D eigenvalue weighted by molar-refractivity contribution is 0.0655. The number of piperidine rings is 1. The van der Waals surface area contributed by atoms with E-state index in [0.717, 1.165) is 49.5 Å². The summed E-state index contributed by atoms with van der Waals surface area (Å²) < 4.78 is 0. The van der Waals surface area contributed by atoms with E-state index in [4.69, 9.17) is 5.26 Å². The molecule has 0 unspecified atom stereocenters. The van der Waals surface area contributed by atoms with Crippen molar-refractivity contribution in [2.45, 2.75) is 32.2 Å². The summed E-state index contributed by atoms with van der Waals surface area (Å²) in [5.74, 6) is 0.162. The van der Waals surface area contributed by atoms with Crippen molar-refractivity contribution < 1.29 is 4.79 Å². The summed E-state index contributed by atoms with van der Waals surface area (Å²) >= 11 is 1.51. The maximum Gasteiger partial charge on any atom is 0.264 e. The van der Waals surface area contributed by atoms with Gasteiger partial charge in [0.25, 0.3) is 5.91 Å². The monoisotopic (exact) mass is 354 g/mol. The van der Waals surface area contributed by atoms with Crippen LogP contribution in [0.5, 0.6) is 0 Å². The van der Waals surface area contributed by atoms with Crippen molar-refractivity contribution in [3.63, 3.8) is 0 Å². The number of anilines is 1. The molecule has 0 spiro atoms. The summed E-state index contributed by atoms with van der Waals surface area (Å²) in [5.41, 5.74) is 1.48. The Morgan fingerprint density at radius 1 is 1.40 bits per heavy atom. The number of hydrogen-bond donors (Lipinski definition) is 0. The van der Waals surface area contributed by atoms with Crippen molar-refractivity contribution in [3.05, 3.63) is 46.4 Å². The molecular formula is C19H22N4OS. The van der Waals surface area contributed by atoms with E-state index in [1.165, 1.54) is 11.3 Å². The minimum Gasteiger partial charge on any atom is -0.370 e. The van der Waals surface area contributed by atoms with Crippen LogP contribution in [0.25, 0.3) is 0 Å². The van der Waals surface area contributed by atoms with Crippen LogP contribution in [0.3, 0.4) is 0 Å². The fourth-order valence-corrected chi connectivity index (χ4v) is 3.99. The van der Waals surface area contributed by atoms with E-state index in [1.807, 2.05) is 29.6 Å². The first-order chi connectivity index (χ1) is 12.2. The lowest BCUT2D eigenvalue weighted by Gasteiger charge is -2.39. The minimum atomic E-state index is 0.162. The summed E-state index contributed by atoms with van der Waals surface area (Å²) in [7, 11) is 0. The van der Waals surface area contributed by atoms with Gasteiger partial charge in [0.15, 0.2) is 0 Å². The van der Waals surface area contributed by atoms with Gasteiger partial charge in [-0.2, -0.15) is 5.26 Å². The third-order valence-electron chi connectivity index (χ3n) is 4.59. The van der Waals surface area contributed by atoms with Crippen molar-refractivity contribution in [1.29, 1.82) is 5.26 Å². The van der Waals surface area contributed by atoms with Crippen LogP contribution in [0.15, 0.2) is 35.8 Å². The largest absolute Gasteiger partial charge is 0.370 e. The van der Waals surface area contributed by atoms with Crippen LogP contribution in [0.4, 0.5) is 5.69 Å². The average molecular weight is 354 g/mol. The van der Waals surface area contributed by atoms with Crippen molar-refractivity contribution in [3.8, 4) is 6.07 Å². The SMILES string of the molecule is CCCN(C(=O)c1cccs1)C1CCN(c2ccc(C#N)nc2)CC1. The summed E-state index contributed by atoms with van der Waals surface area (Å²) in [6, 6.07) is 9.88. The summed E-state index contributed by atoms with van der Waals surface area (Å²) in [6.45, 7) is 4.72. The van der Waals surface area contributed by atoms with E-state index in [2.05, 4.69) is 21.7 Å². The van der Waals surface area contributed by atoms with Gasteiger partial charge in [-0.3, -0.25) is 4.79 Å². The molecule has 0 aromatic carbocycles. The Balaban J connectivity index is 1.64. The van der Waals surface area contributed by atoms with E-state index in [-0.39, 0.29) is 11.9 Å². The lowest BCUT2D eigenvalue weighted by Crippen LogP contribution is -2.47. The highest BCUT2D eigenvalue weighted by atomic mass is 32.1. The van der Waals surface area contributed by atoms with Gasteiger partial charge < -0.3 is 9.80 Å². The van der Waals surface area contributed by atoms with Crippen LogP contribution in [0.1, 0.15) is 41.6 Å². The van der Waals surface area contributed by atoms with Gasteiger partial charge in [-0.15, -0.1) is 11.3 Å². The van der Waals surface area contributed by atoms with Crippen LogP contribution in [0.2, 0.25) is 0 Å². The highest BCUT2D eigenvalue weighted by Crippen LogP contribution is 2.24. The Kier molecular flexibility index (Phi) is 5.67. The molecule has 1 saturated heterocycles. The van der Waals surface area contributed by atoms with Crippen molar-refractivity contribution in [1.82, 2.24) is 9.88 Å². The first-order valence-electron chi connectivity index (χ1n) is 8.68. The molecule has 0 N–H and O–H groups in total. The van der Waals surface area contributed by atoms with Crippen LogP contribution in [0, 0.1) is 11.3 Å². The zero-order chi connectivity index (χ0) is 17.6. The maximum atomic E-state index is 12.8. The number of hydrogen-bond acceptors (Lipinski definition) is 5. The third-order valence-corrected chi connectivity index (χ3v) is 5.45. The van der Waals surface area contributed by atoms with Crippen LogP contribution in [-0.2, 0) is 0 Å². The number of amides is 1. The van der Waals surface area contributed by atoms with Crippen LogP contribution >= 0.6 is 11.3 Å². The number of nitriles is 1. The third kappa shape index (κ3) is 3.99. The maximum absolute atomic E-state index is 12.8. The molecule has 3 rings (SSSR count). The van der Waals surface area contributed by atoms with Gasteiger partial charge in [-0.25, -0.2) is 4.98 Å². The molecule has 1 aliphatic heterocycles. The van der Waals surface area contributed by atoms with E-state index in [9.17, 15) is 4.79 Å². The Labute approximate surface area is 152 Å². The number of pyridine rings is 1. The smallest absolute Gasteiger partial charge is 0.264 e. The van der Waals surface area contributed by atoms with Gasteiger partial charge in [-0.05, 0) is 42.8 Å². The van der Waals surface area contributed by atoms with Crippen LogP contribution < -0.4 is 4.90 Å². The molecule has 0 saturated carbocycles. The Hall–Kier alpha value is -2.39. The summed E-state index contributed by atoms with van der Waals surface area (Å²) in [5, 5.41) is 10.8. The number of thiophene rings is 1. The molecule has 2 aromatic heterocycles. The van der Waals surface area contributed by atoms with E-state index in [1.54, 1.807) is 12.3 Å². The minimum absolute atomic E-state index is 0.162. The normalized spacial score (nSPS) is 15.0. The molecular weight excluding hydrogens is 332 g/mol. The van der Waals surface area contributed by atoms with Gasteiger partial charge in [0.05, 0.1) is 16.8 Å². The van der Waals surface area contributed by atoms with Gasteiger partial charge in [0, 0.05) is 25.7 Å². The van der Waals surface area contributed by atoms with Crippen molar-refractivity contribution in [2.75, 3.05) is 24.5 Å². The van der Waals surface area contributed by atoms with Gasteiger partial charge in [0.1, 0.15) is 11.8 Å². The lowest BCUT2D eigenvalue weighted by atomic mass is 10.0. The van der Waals surface area contributed by atoms with Gasteiger partial charge >= 0.3 is 0 Å². The standard InChI is InChI=1S/C19H22N4OS/c1-2-9-23(19(24)18-4-3-12-25-18)16-7-10-22(11-8-16)17-6-5-15(13-20)21-14-17/h3-6,12,14,16H,2,7-11H2,1H3. The molecule has 25 heavy (non-hydrogen) atoms. The summed E-state index contributed by atoms with van der Waals surface area (Å²) in [4.78, 5) is 22.1. The molecule has 0 radical (unpaired) electrons. The number of carbonyl (C=O) groups is 1. The van der Waals surface area contributed by atoms with Crippen molar-refractivity contribution >= 4 is 22.9 Å². The second-order valence-electron chi connectivity index (χ2n) is 6.21. The zero-order valence-corrected chi connectivity index (χ0v) is 15.2. The number of nitrogens with zero attached hydrogens (tertiary/aromatic N) is 4. The van der Waals surface area contributed by atoms with E-state index < -0.39 is 0 Å². The molecule has 2 aromatic rings. The quantitative estimate of drug-likeness (QED) is 0.824. The van der Waals surface area contributed by atoms with Gasteiger partial charge in [-0.1, -0.05) is 13.0 Å². The second-order valence-corrected chi connectivity index (χ2v) is 7.16. The topological polar surface area (TPSA) is 60.2 Å². The molecule has 0 bridgehead atoms. The molecule has 1 fully saturated rings. The molecule has 1 aliphatic rings. The fourth-order valence-electron chi connectivity index (χ4n) is 3.31. The number of aromatic nitrogens is 1. The van der Waals surface area contributed by atoms with E-state index in [0.29, 0.717) is 5.69 Å². The van der Waals surface area contributed by atoms with Crippen molar-refractivity contribution in [2.24, 2.45) is 0 Å². The number of rotatable bonds is 5. The second kappa shape index (κ2) is 8.13. The molecule has 130 valence electrons. The predicted octanol–water partition coefficient (Wildman–Crippen LogP) is 3.54. The molecule has 6 heteroatoms. The first kappa shape index (κ1) is 17.4. The average Bonchev–Trinajstić information content (AvgIpc) is 3.21. The Morgan fingerprint density at radius 3 is 2.76 bits per heavy atom. The van der Waals surface area contributed by atoms with Crippen LogP contribution in [-0.4, -0.2) is 41.5 Å². The fraction of sp³-hybridized carbons (Fsp3) is 0.421. The first-order valence-corrected chi connectivity index (χ1v) is 9.56. The highest BCUT2D eigenvalue weighted by molar-refractivity contribution is 7.12. The predicted molar refractivity (Wildman–Crippen MR) is 99.8 cm³/mol. The van der Waals surface area contributed by atoms with Gasteiger partial charge in [0.2, 0.25) is 0 Å². The molecule has 0 atom stereocenters. The zero-order valence-electron chi connectivity index (χ0n) is 14.4. The molecule has 0 aliphatic carbocycles. The Bertz CT molecular complexity index is 728. The molecule has 5 nitrogen and oxygen atoms in total. The highest BCUT2D eigenvalue weighted by Gasteiger charge is 2.28.